The minimum absolute atomic E-state index is 0.0922. The number of benzene rings is 1. The molecule has 0 aliphatic heterocycles. The molecule has 0 unspecified atom stereocenters. The maximum atomic E-state index is 11.3. The smallest absolute Gasteiger partial charge is 0.219 e. The van der Waals surface area contributed by atoms with Gasteiger partial charge in [0.25, 0.3) is 0 Å². The van der Waals surface area contributed by atoms with E-state index >= 15 is 0 Å². The van der Waals surface area contributed by atoms with Gasteiger partial charge in [0.15, 0.2) is 0 Å². The lowest BCUT2D eigenvalue weighted by Crippen LogP contribution is -1.94. The monoisotopic (exact) mass is 257 g/mol. The fraction of sp³-hybridized carbons (Fsp3) is 0.111. The number of halogens is 1. The number of rotatable bonds is 3. The van der Waals surface area contributed by atoms with E-state index in [0.717, 1.165) is 16.2 Å². The van der Waals surface area contributed by atoms with E-state index in [1.807, 2.05) is 0 Å². The zero-order valence-corrected chi connectivity index (χ0v) is 9.02. The third-order valence-corrected chi connectivity index (χ3v) is 2.63. The second kappa shape index (κ2) is 5.19. The summed E-state index contributed by atoms with van der Waals surface area (Å²) in [6.07, 6.45) is 1.66. The first-order valence-electron chi connectivity index (χ1n) is 3.51. The Kier molecular flexibility index (Phi) is 4.18. The third kappa shape index (κ3) is 3.32. The summed E-state index contributed by atoms with van der Waals surface area (Å²) in [5.41, 5.74) is 0.600. The van der Waals surface area contributed by atoms with E-state index in [9.17, 15) is 9.59 Å². The Hall–Kier alpha value is -0.610. The summed E-state index contributed by atoms with van der Waals surface area (Å²) in [7, 11) is 0. The van der Waals surface area contributed by atoms with Crippen molar-refractivity contribution in [3.05, 3.63) is 34.3 Å². The summed E-state index contributed by atoms with van der Waals surface area (Å²) in [6, 6.07) is 7.01. The fourth-order valence-electron chi connectivity index (χ4n) is 0.764. The van der Waals surface area contributed by atoms with Crippen LogP contribution in [0, 0.1) is 0 Å². The number of carbonyl (C=O) groups excluding carboxylic acids is 2. The van der Waals surface area contributed by atoms with Crippen LogP contribution in [0.5, 0.6) is 0 Å². The Balaban J connectivity index is 2.66. The summed E-state index contributed by atoms with van der Waals surface area (Å²) in [5, 5.41) is -0.101. The van der Waals surface area contributed by atoms with E-state index in [1.165, 1.54) is 0 Å². The predicted molar refractivity (Wildman–Crippen MR) is 56.6 cm³/mol. The number of hydrogen-bond acceptors (Lipinski definition) is 3. The molecule has 4 heteroatoms. The van der Waals surface area contributed by atoms with Crippen LogP contribution in [-0.4, -0.2) is 17.2 Å². The van der Waals surface area contributed by atoms with Crippen LogP contribution in [0.3, 0.4) is 0 Å². The molecule has 0 spiro atoms. The average molecular weight is 258 g/mol. The fourth-order valence-corrected chi connectivity index (χ4v) is 1.52. The van der Waals surface area contributed by atoms with Gasteiger partial charge in [-0.05, 0) is 24.3 Å². The molecule has 0 saturated carbocycles. The van der Waals surface area contributed by atoms with E-state index in [4.69, 9.17) is 0 Å². The van der Waals surface area contributed by atoms with Crippen LogP contribution in [0.15, 0.2) is 28.7 Å². The topological polar surface area (TPSA) is 34.1 Å². The first-order chi connectivity index (χ1) is 6.24. The van der Waals surface area contributed by atoms with E-state index in [1.54, 1.807) is 30.6 Å². The van der Waals surface area contributed by atoms with Gasteiger partial charge in [-0.2, -0.15) is 0 Å². The van der Waals surface area contributed by atoms with Crippen LogP contribution in [0.1, 0.15) is 10.4 Å². The summed E-state index contributed by atoms with van der Waals surface area (Å²) in [6.45, 7) is 0. The zero-order valence-electron chi connectivity index (χ0n) is 6.62. The van der Waals surface area contributed by atoms with Gasteiger partial charge in [0.1, 0.15) is 0 Å². The molecule has 2 nitrogen and oxygen atoms in total. The summed E-state index contributed by atoms with van der Waals surface area (Å²) >= 11 is 4.22. The molecule has 0 amide bonds. The van der Waals surface area contributed by atoms with E-state index in [-0.39, 0.29) is 10.9 Å². The van der Waals surface area contributed by atoms with Crippen LogP contribution >= 0.6 is 27.7 Å². The van der Waals surface area contributed by atoms with Crippen molar-refractivity contribution >= 4 is 39.1 Å². The van der Waals surface area contributed by atoms with Gasteiger partial charge in [-0.1, -0.05) is 27.7 Å². The lowest BCUT2D eigenvalue weighted by atomic mass is 10.2. The molecule has 0 N–H and O–H groups in total. The number of thioether (sulfide) groups is 1. The maximum absolute atomic E-state index is 11.3. The van der Waals surface area contributed by atoms with E-state index in [2.05, 4.69) is 15.9 Å². The Bertz CT molecular complexity index is 308. The highest BCUT2D eigenvalue weighted by atomic mass is 79.9. The molecule has 0 bridgehead atoms. The van der Waals surface area contributed by atoms with E-state index in [0.29, 0.717) is 5.56 Å². The maximum Gasteiger partial charge on any atom is 0.219 e. The van der Waals surface area contributed by atoms with Crippen molar-refractivity contribution in [2.75, 3.05) is 5.75 Å². The van der Waals surface area contributed by atoms with Crippen LogP contribution in [-0.2, 0) is 4.79 Å². The molecule has 67 valence electrons. The molecule has 0 aliphatic carbocycles. The minimum atomic E-state index is -0.101. The highest BCUT2D eigenvalue weighted by molar-refractivity contribution is 9.10. The average Bonchev–Trinajstić information content (AvgIpc) is 2.15. The minimum Gasteiger partial charge on any atom is -0.290 e. The molecule has 0 atom stereocenters. The molecule has 0 heterocycles. The van der Waals surface area contributed by atoms with Crippen molar-refractivity contribution in [1.82, 2.24) is 0 Å². The standard InChI is InChI=1S/C9H6BrO2S/c10-8-3-1-7(2-4-8)9(12)13-6-5-11/h1-4H,6H2. The molecular formula is C9H6BrO2S. The van der Waals surface area contributed by atoms with Gasteiger partial charge in [-0.25, -0.2) is 0 Å². The van der Waals surface area contributed by atoms with Gasteiger partial charge in [0.05, 0.1) is 5.75 Å². The van der Waals surface area contributed by atoms with Crippen molar-refractivity contribution in [2.24, 2.45) is 0 Å². The van der Waals surface area contributed by atoms with Crippen molar-refractivity contribution in [3.8, 4) is 0 Å². The van der Waals surface area contributed by atoms with E-state index < -0.39 is 0 Å². The van der Waals surface area contributed by atoms with Gasteiger partial charge in [0.2, 0.25) is 11.4 Å². The van der Waals surface area contributed by atoms with Gasteiger partial charge < -0.3 is 0 Å². The largest absolute Gasteiger partial charge is 0.290 e. The highest BCUT2D eigenvalue weighted by Gasteiger charge is 2.04. The van der Waals surface area contributed by atoms with Crippen LogP contribution in [0.25, 0.3) is 0 Å². The van der Waals surface area contributed by atoms with Crippen molar-refractivity contribution in [3.63, 3.8) is 0 Å². The second-order valence-corrected chi connectivity index (χ2v) is 4.09. The highest BCUT2D eigenvalue weighted by Crippen LogP contribution is 2.15. The van der Waals surface area contributed by atoms with Crippen molar-refractivity contribution in [2.45, 2.75) is 0 Å². The normalized spacial score (nSPS) is 9.62. The molecule has 0 aromatic heterocycles. The Labute approximate surface area is 88.8 Å². The van der Waals surface area contributed by atoms with Gasteiger partial charge in [0, 0.05) is 10.0 Å². The summed E-state index contributed by atoms with van der Waals surface area (Å²) in [5.74, 6) is 0.0922. The first-order valence-corrected chi connectivity index (χ1v) is 5.29. The molecule has 13 heavy (non-hydrogen) atoms. The molecule has 0 saturated heterocycles. The SMILES string of the molecule is O=[C]CSC(=O)c1ccc(Br)cc1. The Morgan fingerprint density at radius 3 is 2.54 bits per heavy atom. The molecule has 0 aliphatic rings. The second-order valence-electron chi connectivity index (χ2n) is 2.23. The molecule has 0 fully saturated rings. The molecule has 1 radical (unpaired) electrons. The van der Waals surface area contributed by atoms with Crippen LogP contribution in [0.2, 0.25) is 0 Å². The van der Waals surface area contributed by atoms with Gasteiger partial charge >= 0.3 is 0 Å². The molecule has 1 rings (SSSR count). The van der Waals surface area contributed by atoms with Crippen LogP contribution < -0.4 is 0 Å². The predicted octanol–water partition coefficient (Wildman–Crippen LogP) is 2.43. The Morgan fingerprint density at radius 2 is 2.00 bits per heavy atom. The quantitative estimate of drug-likeness (QED) is 0.835. The van der Waals surface area contributed by atoms with Crippen molar-refractivity contribution in [1.29, 1.82) is 0 Å². The van der Waals surface area contributed by atoms with Crippen LogP contribution in [0.4, 0.5) is 0 Å². The van der Waals surface area contributed by atoms with Crippen molar-refractivity contribution < 1.29 is 9.59 Å². The number of carbonyl (C=O) groups is 1. The number of hydrogen-bond donors (Lipinski definition) is 0. The molecule has 1 aromatic rings. The van der Waals surface area contributed by atoms with Gasteiger partial charge in [-0.15, -0.1) is 0 Å². The zero-order chi connectivity index (χ0) is 9.68. The lowest BCUT2D eigenvalue weighted by molar-refractivity contribution is 0.108. The summed E-state index contributed by atoms with van der Waals surface area (Å²) in [4.78, 5) is 21.2. The summed E-state index contributed by atoms with van der Waals surface area (Å²) < 4.78 is 0.927. The van der Waals surface area contributed by atoms with Gasteiger partial charge in [-0.3, -0.25) is 9.59 Å². The third-order valence-electron chi connectivity index (χ3n) is 1.34. The Morgan fingerprint density at radius 1 is 1.38 bits per heavy atom. The first kappa shape index (κ1) is 10.5. The lowest BCUT2D eigenvalue weighted by Gasteiger charge is -1.96. The molecule has 1 aromatic carbocycles. The molecular weight excluding hydrogens is 252 g/mol.